The average molecular weight is 395 g/mol. The average Bonchev–Trinajstić information content (AvgIpc) is 3.14. The summed E-state index contributed by atoms with van der Waals surface area (Å²) < 4.78 is 5.35. The Morgan fingerprint density at radius 3 is 2.17 bits per heavy atom. The molecule has 0 bridgehead atoms. The third-order valence-corrected chi connectivity index (χ3v) is 7.32. The molecule has 0 aliphatic heterocycles. The van der Waals surface area contributed by atoms with E-state index in [1.807, 2.05) is 36.2 Å². The van der Waals surface area contributed by atoms with Crippen molar-refractivity contribution in [1.82, 2.24) is 19.9 Å². The Bertz CT molecular complexity index is 873. The van der Waals surface area contributed by atoms with Gasteiger partial charge in [0, 0.05) is 36.2 Å². The van der Waals surface area contributed by atoms with Gasteiger partial charge >= 0.3 is 0 Å². The molecule has 3 aliphatic carbocycles. The van der Waals surface area contributed by atoms with Crippen molar-refractivity contribution >= 4 is 5.91 Å². The fourth-order valence-corrected chi connectivity index (χ4v) is 5.27. The number of nitrogens with zero attached hydrogens (tertiary/aromatic N) is 4. The molecular weight excluding hydrogens is 364 g/mol. The molecule has 154 valence electrons. The summed E-state index contributed by atoms with van der Waals surface area (Å²) in [6, 6.07) is 8.70. The molecule has 0 N–H and O–H groups in total. The van der Waals surface area contributed by atoms with Crippen LogP contribution in [0.25, 0.3) is 11.4 Å². The van der Waals surface area contributed by atoms with Gasteiger partial charge in [-0.2, -0.15) is 4.98 Å². The van der Waals surface area contributed by atoms with Crippen molar-refractivity contribution < 1.29 is 9.32 Å². The van der Waals surface area contributed by atoms with Crippen LogP contribution >= 0.6 is 0 Å². The maximum Gasteiger partial charge on any atom is 0.253 e. The molecule has 4 atom stereocenters. The van der Waals surface area contributed by atoms with E-state index in [4.69, 9.17) is 4.52 Å². The van der Waals surface area contributed by atoms with Crippen LogP contribution in [0.2, 0.25) is 0 Å². The van der Waals surface area contributed by atoms with Gasteiger partial charge in [-0.25, -0.2) is 0 Å². The molecule has 6 heteroatoms. The Balaban J connectivity index is 1.22. The number of rotatable bonds is 5. The lowest BCUT2D eigenvalue weighted by Crippen LogP contribution is -2.36. The Hall–Kier alpha value is -2.21. The van der Waals surface area contributed by atoms with Gasteiger partial charge in [0.2, 0.25) is 11.7 Å². The number of hydrogen-bond acceptors (Lipinski definition) is 5. The number of carbonyl (C=O) groups excluding carboxylic acids is 1. The molecule has 0 saturated heterocycles. The summed E-state index contributed by atoms with van der Waals surface area (Å²) in [6.45, 7) is 0. The minimum absolute atomic E-state index is 0.109. The van der Waals surface area contributed by atoms with Gasteiger partial charge in [0.05, 0.1) is 0 Å². The van der Waals surface area contributed by atoms with E-state index in [9.17, 15) is 4.79 Å². The zero-order valence-electron chi connectivity index (χ0n) is 17.5. The lowest BCUT2D eigenvalue weighted by molar-refractivity contribution is 0.0726. The van der Waals surface area contributed by atoms with Crippen LogP contribution in [0, 0.1) is 11.8 Å². The zero-order valence-corrected chi connectivity index (χ0v) is 17.5. The monoisotopic (exact) mass is 394 g/mol. The second kappa shape index (κ2) is 7.24. The van der Waals surface area contributed by atoms with Crippen molar-refractivity contribution in [2.24, 2.45) is 11.8 Å². The van der Waals surface area contributed by atoms with Gasteiger partial charge in [0.15, 0.2) is 0 Å². The van der Waals surface area contributed by atoms with Gasteiger partial charge < -0.3 is 14.3 Å². The summed E-state index contributed by atoms with van der Waals surface area (Å²) >= 11 is 0. The largest absolute Gasteiger partial charge is 0.339 e. The number of hydrogen-bond donors (Lipinski definition) is 0. The van der Waals surface area contributed by atoms with Crippen LogP contribution in [0.4, 0.5) is 0 Å². The van der Waals surface area contributed by atoms with E-state index in [2.05, 4.69) is 29.1 Å². The first-order valence-corrected chi connectivity index (χ1v) is 10.9. The van der Waals surface area contributed by atoms with E-state index in [-0.39, 0.29) is 5.91 Å². The molecular formula is C23H30N4O2. The summed E-state index contributed by atoms with van der Waals surface area (Å²) in [5.41, 5.74) is 1.62. The van der Waals surface area contributed by atoms with Crippen LogP contribution in [-0.2, 0) is 0 Å². The summed E-state index contributed by atoms with van der Waals surface area (Å²) in [7, 11) is 6.33. The highest BCUT2D eigenvalue weighted by Crippen LogP contribution is 2.46. The molecule has 29 heavy (non-hydrogen) atoms. The van der Waals surface area contributed by atoms with E-state index in [0.29, 0.717) is 23.8 Å². The van der Waals surface area contributed by atoms with E-state index in [0.717, 1.165) is 54.5 Å². The predicted octanol–water partition coefficient (Wildman–Crippen LogP) is 3.80. The first-order valence-electron chi connectivity index (χ1n) is 10.9. The van der Waals surface area contributed by atoms with Gasteiger partial charge in [-0.3, -0.25) is 4.79 Å². The lowest BCUT2D eigenvalue weighted by Gasteiger charge is -2.27. The van der Waals surface area contributed by atoms with Crippen molar-refractivity contribution in [2.75, 3.05) is 21.1 Å². The van der Waals surface area contributed by atoms with Crippen LogP contribution in [0.15, 0.2) is 28.8 Å². The molecule has 0 radical (unpaired) electrons. The van der Waals surface area contributed by atoms with Crippen molar-refractivity contribution in [3.63, 3.8) is 0 Å². The minimum atomic E-state index is 0.109. The molecule has 2 aromatic rings. The third kappa shape index (κ3) is 3.59. The van der Waals surface area contributed by atoms with Crippen molar-refractivity contribution in [3.05, 3.63) is 35.7 Å². The molecule has 1 aromatic heterocycles. The number of carbonyl (C=O) groups is 1. The summed E-state index contributed by atoms with van der Waals surface area (Å²) in [6.07, 6.45) is 7.11. The second-order valence-corrected chi connectivity index (χ2v) is 9.46. The van der Waals surface area contributed by atoms with Crippen molar-refractivity contribution in [3.8, 4) is 11.4 Å². The van der Waals surface area contributed by atoms with Crippen molar-refractivity contribution in [2.45, 2.75) is 56.5 Å². The maximum absolute atomic E-state index is 13.0. The molecule has 3 aliphatic rings. The van der Waals surface area contributed by atoms with E-state index < -0.39 is 0 Å². The molecule has 2 unspecified atom stereocenters. The normalized spacial score (nSPS) is 28.7. The summed E-state index contributed by atoms with van der Waals surface area (Å²) in [4.78, 5) is 21.9. The fourth-order valence-electron chi connectivity index (χ4n) is 5.27. The van der Waals surface area contributed by atoms with Gasteiger partial charge in [0.25, 0.3) is 5.91 Å². The van der Waals surface area contributed by atoms with E-state index >= 15 is 0 Å². The zero-order chi connectivity index (χ0) is 20.1. The highest BCUT2D eigenvalue weighted by Gasteiger charge is 2.44. The van der Waals surface area contributed by atoms with Crippen LogP contribution in [0.5, 0.6) is 0 Å². The Morgan fingerprint density at radius 1 is 0.966 bits per heavy atom. The molecule has 6 nitrogen and oxygen atoms in total. The standard InChI is InChI=1S/C23H30N4O2/c1-26(2)19-10-17-12-20(13-18(17)11-19)27(3)23(28)16-8-4-14(5-9-16)21-24-22(29-25-21)15-6-7-15/h4-5,8-9,15,17-20H,6-7,10-13H2,1-3H3/t17-,18+,19?,20?. The molecule has 3 saturated carbocycles. The molecule has 3 fully saturated rings. The SMILES string of the molecule is CN(C)C1C[C@@H]2CC(N(C)C(=O)c3ccc(-c4noc(C5CC5)n4)cc3)C[C@@H]2C1. The molecule has 5 rings (SSSR count). The fraction of sp³-hybridized carbons (Fsp3) is 0.609. The number of aromatic nitrogens is 2. The molecule has 1 amide bonds. The van der Waals surface area contributed by atoms with Crippen molar-refractivity contribution in [1.29, 1.82) is 0 Å². The molecule has 1 heterocycles. The molecule has 1 aromatic carbocycles. The van der Waals surface area contributed by atoms with Gasteiger partial charge in [-0.15, -0.1) is 0 Å². The van der Waals surface area contributed by atoms with E-state index in [1.165, 1.54) is 12.8 Å². The molecule has 0 spiro atoms. The summed E-state index contributed by atoms with van der Waals surface area (Å²) in [5, 5.41) is 4.09. The van der Waals surface area contributed by atoms with Gasteiger partial charge in [-0.1, -0.05) is 17.3 Å². The first-order chi connectivity index (χ1) is 14.0. The van der Waals surface area contributed by atoms with Crippen LogP contribution in [0.3, 0.4) is 0 Å². The Labute approximate surface area is 172 Å². The number of benzene rings is 1. The summed E-state index contributed by atoms with van der Waals surface area (Å²) in [5.74, 6) is 3.44. The van der Waals surface area contributed by atoms with Crippen LogP contribution < -0.4 is 0 Å². The third-order valence-electron chi connectivity index (χ3n) is 7.32. The number of amides is 1. The Kier molecular flexibility index (Phi) is 4.69. The Morgan fingerprint density at radius 2 is 1.59 bits per heavy atom. The topological polar surface area (TPSA) is 62.5 Å². The van der Waals surface area contributed by atoms with Crippen LogP contribution in [-0.4, -0.2) is 59.1 Å². The maximum atomic E-state index is 13.0. The highest BCUT2D eigenvalue weighted by atomic mass is 16.5. The predicted molar refractivity (Wildman–Crippen MR) is 111 cm³/mol. The quantitative estimate of drug-likeness (QED) is 0.772. The van der Waals surface area contributed by atoms with Gasteiger partial charge in [0.1, 0.15) is 0 Å². The number of fused-ring (bicyclic) bond motifs is 1. The first kappa shape index (κ1) is 18.8. The highest BCUT2D eigenvalue weighted by molar-refractivity contribution is 5.94. The smallest absolute Gasteiger partial charge is 0.253 e. The van der Waals surface area contributed by atoms with Gasteiger partial charge in [-0.05, 0) is 76.6 Å². The van der Waals surface area contributed by atoms with Crippen LogP contribution in [0.1, 0.15) is 60.7 Å². The van der Waals surface area contributed by atoms with E-state index in [1.54, 1.807) is 0 Å². The second-order valence-electron chi connectivity index (χ2n) is 9.46. The minimum Gasteiger partial charge on any atom is -0.339 e. The lowest BCUT2D eigenvalue weighted by atomic mass is 10.0.